The number of ether oxygens (including phenoxy) is 1. The van der Waals surface area contributed by atoms with E-state index in [1.54, 1.807) is 13.0 Å². The molecule has 0 fully saturated rings. The summed E-state index contributed by atoms with van der Waals surface area (Å²) in [6.07, 6.45) is 1.91. The number of fused-ring (bicyclic) bond motifs is 3. The Kier molecular flexibility index (Phi) is 3.63. The lowest BCUT2D eigenvalue weighted by atomic mass is 9.90. The SMILES string of the molecule is COc1cc(S(C)(=O)=O)c2cc3n(c2c1)CCC3C(C)C(=O)O. The largest absolute Gasteiger partial charge is 0.497 e. The number of aliphatic carboxylic acids is 1. The highest BCUT2D eigenvalue weighted by Crippen LogP contribution is 2.41. The van der Waals surface area contributed by atoms with E-state index in [0.717, 1.165) is 17.6 Å². The Morgan fingerprint density at radius 2 is 2.09 bits per heavy atom. The van der Waals surface area contributed by atoms with Gasteiger partial charge in [0.2, 0.25) is 0 Å². The van der Waals surface area contributed by atoms with Gasteiger partial charge in [0.15, 0.2) is 9.84 Å². The Balaban J connectivity index is 2.27. The van der Waals surface area contributed by atoms with E-state index >= 15 is 0 Å². The zero-order valence-corrected chi connectivity index (χ0v) is 14.1. The third-order valence-corrected chi connectivity index (χ3v) is 5.80. The molecule has 6 nitrogen and oxygen atoms in total. The van der Waals surface area contributed by atoms with Gasteiger partial charge >= 0.3 is 5.97 Å². The second-order valence-electron chi connectivity index (χ2n) is 6.07. The zero-order valence-electron chi connectivity index (χ0n) is 13.2. The van der Waals surface area contributed by atoms with Crippen LogP contribution < -0.4 is 4.74 Å². The average molecular weight is 337 g/mol. The molecule has 2 atom stereocenters. The summed E-state index contributed by atoms with van der Waals surface area (Å²) >= 11 is 0. The summed E-state index contributed by atoms with van der Waals surface area (Å²) in [6, 6.07) is 5.15. The monoisotopic (exact) mass is 337 g/mol. The number of hydrogen-bond acceptors (Lipinski definition) is 4. The van der Waals surface area contributed by atoms with E-state index in [4.69, 9.17) is 4.74 Å². The van der Waals surface area contributed by atoms with Gasteiger partial charge in [0.25, 0.3) is 0 Å². The van der Waals surface area contributed by atoms with Crippen LogP contribution in [0.5, 0.6) is 5.75 Å². The molecule has 0 aliphatic carbocycles. The predicted octanol–water partition coefficient (Wildman–Crippen LogP) is 2.26. The summed E-state index contributed by atoms with van der Waals surface area (Å²) < 4.78 is 31.5. The van der Waals surface area contributed by atoms with Gasteiger partial charge in [-0.3, -0.25) is 4.79 Å². The smallest absolute Gasteiger partial charge is 0.306 e. The molecule has 0 saturated carbocycles. The van der Waals surface area contributed by atoms with E-state index in [1.807, 2.05) is 10.6 Å². The Hall–Kier alpha value is -2.02. The molecular formula is C16H19NO5S. The Morgan fingerprint density at radius 1 is 1.39 bits per heavy atom. The van der Waals surface area contributed by atoms with E-state index in [-0.39, 0.29) is 10.8 Å². The number of aromatic nitrogens is 1. The number of benzene rings is 1. The van der Waals surface area contributed by atoms with Gasteiger partial charge in [-0.05, 0) is 18.6 Å². The van der Waals surface area contributed by atoms with Crippen LogP contribution in [0.1, 0.15) is 25.0 Å². The molecule has 23 heavy (non-hydrogen) atoms. The second-order valence-corrected chi connectivity index (χ2v) is 8.06. The number of rotatable bonds is 4. The highest BCUT2D eigenvalue weighted by Gasteiger charge is 2.33. The molecule has 1 aromatic carbocycles. The third-order valence-electron chi connectivity index (χ3n) is 4.66. The molecule has 1 aliphatic rings. The molecular weight excluding hydrogens is 318 g/mol. The van der Waals surface area contributed by atoms with Crippen LogP contribution in [0.2, 0.25) is 0 Å². The fourth-order valence-corrected chi connectivity index (χ4v) is 4.29. The fourth-order valence-electron chi connectivity index (χ4n) is 3.40. The van der Waals surface area contributed by atoms with E-state index in [9.17, 15) is 18.3 Å². The predicted molar refractivity (Wildman–Crippen MR) is 85.8 cm³/mol. The zero-order chi connectivity index (χ0) is 16.9. The summed E-state index contributed by atoms with van der Waals surface area (Å²) in [4.78, 5) is 11.5. The number of carboxylic acid groups (broad SMARTS) is 1. The summed E-state index contributed by atoms with van der Waals surface area (Å²) in [5.41, 5.74) is 1.66. The minimum Gasteiger partial charge on any atom is -0.497 e. The molecule has 0 spiro atoms. The van der Waals surface area contributed by atoms with Crippen molar-refractivity contribution in [1.82, 2.24) is 4.57 Å². The maximum absolute atomic E-state index is 12.1. The summed E-state index contributed by atoms with van der Waals surface area (Å²) in [6.45, 7) is 2.37. The van der Waals surface area contributed by atoms with E-state index in [1.165, 1.54) is 19.4 Å². The average Bonchev–Trinajstić information content (AvgIpc) is 3.03. The molecule has 1 aliphatic heterocycles. The van der Waals surface area contributed by atoms with Gasteiger partial charge in [-0.15, -0.1) is 0 Å². The van der Waals surface area contributed by atoms with E-state index in [0.29, 0.717) is 17.7 Å². The number of sulfone groups is 1. The highest BCUT2D eigenvalue weighted by atomic mass is 32.2. The highest BCUT2D eigenvalue weighted by molar-refractivity contribution is 7.91. The topological polar surface area (TPSA) is 85.6 Å². The van der Waals surface area contributed by atoms with Gasteiger partial charge in [-0.2, -0.15) is 0 Å². The molecule has 7 heteroatoms. The van der Waals surface area contributed by atoms with Gasteiger partial charge in [0, 0.05) is 35.9 Å². The van der Waals surface area contributed by atoms with Gasteiger partial charge < -0.3 is 14.4 Å². The Labute approximate surface area is 134 Å². The van der Waals surface area contributed by atoms with Crippen molar-refractivity contribution in [3.8, 4) is 5.75 Å². The molecule has 124 valence electrons. The molecule has 0 bridgehead atoms. The molecule has 2 unspecified atom stereocenters. The molecule has 0 saturated heterocycles. The van der Waals surface area contributed by atoms with Crippen molar-refractivity contribution in [1.29, 1.82) is 0 Å². The lowest BCUT2D eigenvalue weighted by molar-refractivity contribution is -0.141. The normalized spacial score (nSPS) is 18.8. The first-order valence-corrected chi connectivity index (χ1v) is 9.27. The quantitative estimate of drug-likeness (QED) is 0.925. The number of nitrogens with zero attached hydrogens (tertiary/aromatic N) is 1. The van der Waals surface area contributed by atoms with E-state index < -0.39 is 21.7 Å². The maximum Gasteiger partial charge on any atom is 0.306 e. The number of carbonyl (C=O) groups is 1. The first-order valence-electron chi connectivity index (χ1n) is 7.38. The van der Waals surface area contributed by atoms with Gasteiger partial charge in [-0.1, -0.05) is 6.92 Å². The first-order chi connectivity index (χ1) is 10.7. The first kappa shape index (κ1) is 15.9. The minimum atomic E-state index is -3.41. The number of aryl methyl sites for hydroxylation is 1. The summed E-state index contributed by atoms with van der Waals surface area (Å²) in [7, 11) is -1.92. The van der Waals surface area contributed by atoms with Crippen molar-refractivity contribution in [3.63, 3.8) is 0 Å². The van der Waals surface area contributed by atoms with Crippen LogP contribution in [0.3, 0.4) is 0 Å². The van der Waals surface area contributed by atoms with Crippen LogP contribution in [-0.2, 0) is 21.2 Å². The number of methoxy groups -OCH3 is 1. The molecule has 1 aromatic heterocycles. The van der Waals surface area contributed by atoms with Gasteiger partial charge in [0.1, 0.15) is 5.75 Å². The van der Waals surface area contributed by atoms with Crippen molar-refractivity contribution in [3.05, 3.63) is 23.9 Å². The molecule has 0 amide bonds. The molecule has 1 N–H and O–H groups in total. The Morgan fingerprint density at radius 3 is 2.65 bits per heavy atom. The number of hydrogen-bond donors (Lipinski definition) is 1. The van der Waals surface area contributed by atoms with Crippen molar-refractivity contribution >= 4 is 26.7 Å². The van der Waals surface area contributed by atoms with Crippen molar-refractivity contribution in [2.75, 3.05) is 13.4 Å². The lowest BCUT2D eigenvalue weighted by Crippen LogP contribution is -2.17. The van der Waals surface area contributed by atoms with Crippen molar-refractivity contribution in [2.45, 2.75) is 30.7 Å². The van der Waals surface area contributed by atoms with Gasteiger partial charge in [0.05, 0.1) is 23.4 Å². The molecule has 0 radical (unpaired) electrons. The van der Waals surface area contributed by atoms with E-state index in [2.05, 4.69) is 0 Å². The third kappa shape index (κ3) is 2.49. The van der Waals surface area contributed by atoms with Crippen LogP contribution in [0, 0.1) is 5.92 Å². The standard InChI is InChI=1S/C16H19NO5S/c1-9(16(18)19)11-4-5-17-13-6-10(22-2)7-15(23(3,20)21)12(13)8-14(11)17/h6-9,11H,4-5H2,1-3H3,(H,18,19). The van der Waals surface area contributed by atoms with Gasteiger partial charge in [-0.25, -0.2) is 8.42 Å². The second kappa shape index (κ2) is 5.26. The minimum absolute atomic E-state index is 0.113. The molecule has 2 heterocycles. The van der Waals surface area contributed by atoms with Crippen LogP contribution in [-0.4, -0.2) is 37.4 Å². The van der Waals surface area contributed by atoms with Crippen LogP contribution in [0.15, 0.2) is 23.1 Å². The summed E-state index contributed by atoms with van der Waals surface area (Å²) in [5.74, 6) is -0.981. The van der Waals surface area contributed by atoms with Crippen LogP contribution >= 0.6 is 0 Å². The molecule has 3 rings (SSSR count). The molecule has 2 aromatic rings. The lowest BCUT2D eigenvalue weighted by Gasteiger charge is -2.13. The fraction of sp³-hybridized carbons (Fsp3) is 0.438. The van der Waals surface area contributed by atoms with Crippen LogP contribution in [0.4, 0.5) is 0 Å². The van der Waals surface area contributed by atoms with Crippen LogP contribution in [0.25, 0.3) is 10.9 Å². The number of carboxylic acids is 1. The van der Waals surface area contributed by atoms with Crippen molar-refractivity contribution < 1.29 is 23.1 Å². The maximum atomic E-state index is 12.1. The summed E-state index contributed by atoms with van der Waals surface area (Å²) in [5, 5.41) is 9.91. The Bertz CT molecular complexity index is 897. The van der Waals surface area contributed by atoms with Crippen molar-refractivity contribution in [2.24, 2.45) is 5.92 Å².